The van der Waals surface area contributed by atoms with Crippen LogP contribution in [0.3, 0.4) is 0 Å². The molecular formula is C11H14ClNO4S. The zero-order chi connectivity index (χ0) is 13.8. The van der Waals surface area contributed by atoms with Crippen LogP contribution < -0.4 is 0 Å². The van der Waals surface area contributed by atoms with E-state index in [1.165, 1.54) is 7.05 Å². The Morgan fingerprint density at radius 3 is 2.67 bits per heavy atom. The van der Waals surface area contributed by atoms with Gasteiger partial charge in [0, 0.05) is 18.6 Å². The first-order valence-electron chi connectivity index (χ1n) is 5.21. The molecule has 0 saturated heterocycles. The number of nitrogens with zero attached hydrogens (tertiary/aromatic N) is 1. The third kappa shape index (κ3) is 4.64. The highest BCUT2D eigenvalue weighted by atomic mass is 35.5. The molecule has 100 valence electrons. The van der Waals surface area contributed by atoms with Gasteiger partial charge in [0.25, 0.3) is 0 Å². The van der Waals surface area contributed by atoms with Crippen molar-refractivity contribution in [2.45, 2.75) is 13.0 Å². The van der Waals surface area contributed by atoms with Crippen molar-refractivity contribution in [2.75, 3.05) is 12.8 Å². The lowest BCUT2D eigenvalue weighted by atomic mass is 10.2. The summed E-state index contributed by atoms with van der Waals surface area (Å²) in [5.41, 5.74) is 0.754. The molecule has 0 radical (unpaired) electrons. The van der Waals surface area contributed by atoms with Crippen molar-refractivity contribution in [3.05, 3.63) is 34.9 Å². The van der Waals surface area contributed by atoms with Crippen molar-refractivity contribution in [3.8, 4) is 0 Å². The molecule has 0 atom stereocenters. The van der Waals surface area contributed by atoms with E-state index in [-0.39, 0.29) is 6.54 Å². The summed E-state index contributed by atoms with van der Waals surface area (Å²) in [4.78, 5) is 10.4. The highest BCUT2D eigenvalue weighted by Crippen LogP contribution is 2.14. The molecule has 0 spiro atoms. The van der Waals surface area contributed by atoms with Crippen molar-refractivity contribution in [2.24, 2.45) is 0 Å². The van der Waals surface area contributed by atoms with Crippen LogP contribution in [0.4, 0.5) is 0 Å². The molecule has 7 heteroatoms. The molecule has 5 nitrogen and oxygen atoms in total. The maximum absolute atomic E-state index is 11.8. The van der Waals surface area contributed by atoms with Crippen molar-refractivity contribution in [1.82, 2.24) is 4.31 Å². The molecule has 0 unspecified atom stereocenters. The number of hydrogen-bond donors (Lipinski definition) is 1. The van der Waals surface area contributed by atoms with Crippen LogP contribution in [0.5, 0.6) is 0 Å². The molecule has 1 aromatic carbocycles. The number of rotatable bonds is 6. The van der Waals surface area contributed by atoms with Crippen LogP contribution in [-0.4, -0.2) is 36.6 Å². The van der Waals surface area contributed by atoms with Gasteiger partial charge in [-0.2, -0.15) is 0 Å². The van der Waals surface area contributed by atoms with E-state index >= 15 is 0 Å². The first kappa shape index (κ1) is 14.9. The van der Waals surface area contributed by atoms with E-state index in [2.05, 4.69) is 0 Å². The lowest BCUT2D eigenvalue weighted by molar-refractivity contribution is -0.136. The van der Waals surface area contributed by atoms with Crippen LogP contribution in [0.2, 0.25) is 5.02 Å². The topological polar surface area (TPSA) is 74.7 Å². The van der Waals surface area contributed by atoms with Gasteiger partial charge in [-0.3, -0.25) is 4.79 Å². The van der Waals surface area contributed by atoms with E-state index in [9.17, 15) is 13.2 Å². The van der Waals surface area contributed by atoms with Crippen molar-refractivity contribution in [3.63, 3.8) is 0 Å². The summed E-state index contributed by atoms with van der Waals surface area (Å²) in [7, 11) is -2.14. The molecule has 1 aromatic rings. The van der Waals surface area contributed by atoms with Crippen molar-refractivity contribution in [1.29, 1.82) is 0 Å². The fourth-order valence-electron chi connectivity index (χ4n) is 1.36. The Morgan fingerprint density at radius 1 is 1.44 bits per heavy atom. The molecule has 0 heterocycles. The van der Waals surface area contributed by atoms with Gasteiger partial charge in [0.1, 0.15) is 0 Å². The maximum Gasteiger partial charge on any atom is 0.304 e. The standard InChI is InChI=1S/C11H14ClNO4S/c1-13(18(16,17)6-5-11(14)15)8-9-3-2-4-10(12)7-9/h2-4,7H,5-6,8H2,1H3,(H,14,15). The minimum Gasteiger partial charge on any atom is -0.481 e. The number of hydrogen-bond acceptors (Lipinski definition) is 3. The molecule has 1 N–H and O–H groups in total. The third-order valence-electron chi connectivity index (χ3n) is 2.34. The number of carbonyl (C=O) groups is 1. The molecule has 1 rings (SSSR count). The molecule has 0 amide bonds. The SMILES string of the molecule is CN(Cc1cccc(Cl)c1)S(=O)(=O)CCC(=O)O. The maximum atomic E-state index is 11.8. The highest BCUT2D eigenvalue weighted by Gasteiger charge is 2.19. The van der Waals surface area contributed by atoms with Crippen LogP contribution in [0.15, 0.2) is 24.3 Å². The van der Waals surface area contributed by atoms with Crippen molar-refractivity contribution >= 4 is 27.6 Å². The molecule has 0 saturated carbocycles. The van der Waals surface area contributed by atoms with Crippen molar-refractivity contribution < 1.29 is 18.3 Å². The number of benzene rings is 1. The summed E-state index contributed by atoms with van der Waals surface area (Å²) in [6, 6.07) is 6.86. The second kappa shape index (κ2) is 6.17. The predicted molar refractivity (Wildman–Crippen MR) is 69.0 cm³/mol. The summed E-state index contributed by atoms with van der Waals surface area (Å²) < 4.78 is 24.6. The van der Waals surface area contributed by atoms with Gasteiger partial charge >= 0.3 is 5.97 Å². The van der Waals surface area contributed by atoms with Crippen LogP contribution in [0, 0.1) is 0 Å². The zero-order valence-electron chi connectivity index (χ0n) is 9.84. The second-order valence-corrected chi connectivity index (χ2v) is 6.48. The Hall–Kier alpha value is -1.11. The van der Waals surface area contributed by atoms with E-state index in [1.807, 2.05) is 0 Å². The summed E-state index contributed by atoms with van der Waals surface area (Å²) in [5.74, 6) is -1.53. The van der Waals surface area contributed by atoms with Gasteiger partial charge in [0.05, 0.1) is 12.2 Å². The Labute approximate surface area is 111 Å². The van der Waals surface area contributed by atoms with Crippen LogP contribution >= 0.6 is 11.6 Å². The highest BCUT2D eigenvalue weighted by molar-refractivity contribution is 7.89. The normalized spacial score (nSPS) is 11.7. The van der Waals surface area contributed by atoms with Crippen LogP contribution in [-0.2, 0) is 21.4 Å². The molecule has 0 bridgehead atoms. The average Bonchev–Trinajstić information content (AvgIpc) is 2.26. The second-order valence-electron chi connectivity index (χ2n) is 3.85. The number of carboxylic acids is 1. The average molecular weight is 292 g/mol. The molecule has 18 heavy (non-hydrogen) atoms. The Kier molecular flexibility index (Phi) is 5.13. The van der Waals surface area contributed by atoms with Gasteiger partial charge in [0.2, 0.25) is 10.0 Å². The first-order valence-corrected chi connectivity index (χ1v) is 7.20. The largest absolute Gasteiger partial charge is 0.481 e. The molecule has 0 aliphatic rings. The molecule has 0 aliphatic carbocycles. The molecular weight excluding hydrogens is 278 g/mol. The van der Waals surface area contributed by atoms with Crippen LogP contribution in [0.1, 0.15) is 12.0 Å². The van der Waals surface area contributed by atoms with E-state index in [4.69, 9.17) is 16.7 Å². The Bertz CT molecular complexity index is 530. The zero-order valence-corrected chi connectivity index (χ0v) is 11.4. The smallest absolute Gasteiger partial charge is 0.304 e. The quantitative estimate of drug-likeness (QED) is 0.863. The van der Waals surface area contributed by atoms with E-state index < -0.39 is 28.2 Å². The fraction of sp³-hybridized carbons (Fsp3) is 0.364. The first-order chi connectivity index (χ1) is 8.31. The number of aliphatic carboxylic acids is 1. The van der Waals surface area contributed by atoms with Crippen LogP contribution in [0.25, 0.3) is 0 Å². The van der Waals surface area contributed by atoms with Gasteiger partial charge in [-0.1, -0.05) is 23.7 Å². The molecule has 0 aliphatic heterocycles. The summed E-state index contributed by atoms with van der Waals surface area (Å²) >= 11 is 5.80. The summed E-state index contributed by atoms with van der Waals surface area (Å²) in [6.45, 7) is 0.169. The lowest BCUT2D eigenvalue weighted by Gasteiger charge is -2.16. The van der Waals surface area contributed by atoms with E-state index in [1.54, 1.807) is 24.3 Å². The number of carboxylic acid groups (broad SMARTS) is 1. The number of sulfonamides is 1. The number of halogens is 1. The monoisotopic (exact) mass is 291 g/mol. The summed E-state index contributed by atoms with van der Waals surface area (Å²) in [5, 5.41) is 9.02. The minimum atomic E-state index is -3.56. The van der Waals surface area contributed by atoms with E-state index in [0.717, 1.165) is 9.87 Å². The predicted octanol–water partition coefficient (Wildman–Crippen LogP) is 1.58. The Morgan fingerprint density at radius 2 is 2.11 bits per heavy atom. The van der Waals surface area contributed by atoms with Gasteiger partial charge in [-0.15, -0.1) is 0 Å². The van der Waals surface area contributed by atoms with Gasteiger partial charge < -0.3 is 5.11 Å². The minimum absolute atomic E-state index is 0.169. The van der Waals surface area contributed by atoms with Gasteiger partial charge in [-0.25, -0.2) is 12.7 Å². The molecule has 0 fully saturated rings. The summed E-state index contributed by atoms with van der Waals surface area (Å²) in [6.07, 6.45) is -0.401. The van der Waals surface area contributed by atoms with E-state index in [0.29, 0.717) is 5.02 Å². The van der Waals surface area contributed by atoms with Gasteiger partial charge in [0.15, 0.2) is 0 Å². The third-order valence-corrected chi connectivity index (χ3v) is 4.38. The fourth-order valence-corrected chi connectivity index (χ4v) is 2.67. The molecule has 0 aromatic heterocycles. The van der Waals surface area contributed by atoms with Gasteiger partial charge in [-0.05, 0) is 17.7 Å². The lowest BCUT2D eigenvalue weighted by Crippen LogP contribution is -2.29. The Balaban J connectivity index is 2.70.